The Morgan fingerprint density at radius 2 is 1.75 bits per heavy atom. The summed E-state index contributed by atoms with van der Waals surface area (Å²) in [6, 6.07) is 19.5. The lowest BCUT2D eigenvalue weighted by molar-refractivity contribution is 0.0600. The molecule has 0 aliphatic rings. The van der Waals surface area contributed by atoms with Gasteiger partial charge in [-0.25, -0.2) is 10.2 Å². The van der Waals surface area contributed by atoms with Crippen molar-refractivity contribution >= 4 is 40.7 Å². The maximum absolute atomic E-state index is 12.3. The van der Waals surface area contributed by atoms with Gasteiger partial charge in [0.15, 0.2) is 0 Å². The van der Waals surface area contributed by atoms with Gasteiger partial charge in [-0.2, -0.15) is 5.10 Å². The Labute approximate surface area is 199 Å². The normalized spacial score (nSPS) is 10.6. The summed E-state index contributed by atoms with van der Waals surface area (Å²) >= 11 is 2.14. The molecule has 3 aromatic carbocycles. The number of hydrogen-bond donors (Lipinski definition) is 1. The van der Waals surface area contributed by atoms with Crippen LogP contribution >= 0.6 is 22.6 Å². The number of carbonyl (C=O) groups is 2. The quantitative estimate of drug-likeness (QED) is 0.196. The number of esters is 1. The van der Waals surface area contributed by atoms with Crippen molar-refractivity contribution < 1.29 is 23.8 Å². The highest BCUT2D eigenvalue weighted by Crippen LogP contribution is 2.21. The Morgan fingerprint density at radius 3 is 2.47 bits per heavy atom. The Kier molecular flexibility index (Phi) is 8.20. The van der Waals surface area contributed by atoms with Crippen molar-refractivity contribution in [3.05, 3.63) is 92.6 Å². The molecule has 0 saturated heterocycles. The van der Waals surface area contributed by atoms with Crippen LogP contribution < -0.4 is 14.9 Å². The molecule has 3 aromatic rings. The lowest BCUT2D eigenvalue weighted by atomic mass is 10.1. The van der Waals surface area contributed by atoms with Gasteiger partial charge in [-0.05, 0) is 76.2 Å². The van der Waals surface area contributed by atoms with Crippen LogP contribution in [0.1, 0.15) is 31.8 Å². The zero-order valence-electron chi connectivity index (χ0n) is 17.5. The van der Waals surface area contributed by atoms with E-state index in [0.717, 1.165) is 14.7 Å². The number of amides is 1. The molecule has 0 radical (unpaired) electrons. The van der Waals surface area contributed by atoms with Gasteiger partial charge >= 0.3 is 5.97 Å². The highest BCUT2D eigenvalue weighted by molar-refractivity contribution is 14.1. The summed E-state index contributed by atoms with van der Waals surface area (Å²) in [7, 11) is 2.91. The number of halogens is 1. The fourth-order valence-corrected chi connectivity index (χ4v) is 3.29. The average Bonchev–Trinajstić information content (AvgIpc) is 2.83. The van der Waals surface area contributed by atoms with E-state index in [1.54, 1.807) is 37.6 Å². The first kappa shape index (κ1) is 23.3. The molecule has 0 aliphatic carbocycles. The van der Waals surface area contributed by atoms with Crippen LogP contribution in [0, 0.1) is 3.57 Å². The van der Waals surface area contributed by atoms with Gasteiger partial charge in [0, 0.05) is 5.56 Å². The van der Waals surface area contributed by atoms with E-state index in [2.05, 4.69) is 33.1 Å². The SMILES string of the molecule is COC(=O)c1ccc(COc2cccc(C=NNC(=O)c3ccc(I)c(OC)c3)c2)cc1. The van der Waals surface area contributed by atoms with Gasteiger partial charge < -0.3 is 14.2 Å². The van der Waals surface area contributed by atoms with Crippen LogP contribution in [0.3, 0.4) is 0 Å². The van der Waals surface area contributed by atoms with Crippen molar-refractivity contribution in [2.75, 3.05) is 14.2 Å². The molecule has 0 spiro atoms. The minimum Gasteiger partial charge on any atom is -0.496 e. The molecule has 7 nitrogen and oxygen atoms in total. The Hall–Kier alpha value is -3.40. The third kappa shape index (κ3) is 6.30. The number of carbonyl (C=O) groups excluding carboxylic acids is 2. The molecule has 0 saturated carbocycles. The Bertz CT molecular complexity index is 1130. The van der Waals surface area contributed by atoms with Crippen molar-refractivity contribution in [2.24, 2.45) is 5.10 Å². The number of hydrazone groups is 1. The zero-order chi connectivity index (χ0) is 22.9. The number of methoxy groups -OCH3 is 2. The second-order valence-electron chi connectivity index (χ2n) is 6.60. The number of ether oxygens (including phenoxy) is 3. The topological polar surface area (TPSA) is 86.2 Å². The molecule has 164 valence electrons. The third-order valence-corrected chi connectivity index (χ3v) is 5.32. The maximum Gasteiger partial charge on any atom is 0.337 e. The van der Waals surface area contributed by atoms with Crippen LogP contribution in [-0.2, 0) is 11.3 Å². The molecule has 0 atom stereocenters. The number of nitrogens with one attached hydrogen (secondary N) is 1. The van der Waals surface area contributed by atoms with Crippen LogP contribution in [-0.4, -0.2) is 32.3 Å². The predicted molar refractivity (Wildman–Crippen MR) is 129 cm³/mol. The summed E-state index contributed by atoms with van der Waals surface area (Å²) in [6.45, 7) is 0.341. The first-order chi connectivity index (χ1) is 15.5. The fraction of sp³-hybridized carbons (Fsp3) is 0.125. The van der Waals surface area contributed by atoms with Gasteiger partial charge in [0.05, 0.1) is 29.6 Å². The van der Waals surface area contributed by atoms with Crippen LogP contribution in [0.5, 0.6) is 11.5 Å². The summed E-state index contributed by atoms with van der Waals surface area (Å²) in [5.41, 5.74) is 5.13. The van der Waals surface area contributed by atoms with Gasteiger partial charge in [-0.15, -0.1) is 0 Å². The molecule has 0 heterocycles. The van der Waals surface area contributed by atoms with Crippen LogP contribution in [0.25, 0.3) is 0 Å². The first-order valence-electron chi connectivity index (χ1n) is 9.57. The Balaban J connectivity index is 1.57. The molecule has 1 N–H and O–H groups in total. The predicted octanol–water partition coefficient (Wildman–Crippen LogP) is 4.43. The van der Waals surface area contributed by atoms with Crippen LogP contribution in [0.2, 0.25) is 0 Å². The summed E-state index contributed by atoms with van der Waals surface area (Å²) in [5, 5.41) is 4.02. The molecular weight excluding hydrogens is 523 g/mol. The van der Waals surface area contributed by atoms with Gasteiger partial charge in [0.2, 0.25) is 0 Å². The molecule has 0 fully saturated rings. The summed E-state index contributed by atoms with van der Waals surface area (Å²) < 4.78 is 16.7. The van der Waals surface area contributed by atoms with E-state index in [0.29, 0.717) is 29.2 Å². The minimum atomic E-state index is -0.377. The van der Waals surface area contributed by atoms with Crippen LogP contribution in [0.4, 0.5) is 0 Å². The van der Waals surface area contributed by atoms with Crippen molar-refractivity contribution in [3.8, 4) is 11.5 Å². The van der Waals surface area contributed by atoms with E-state index in [1.165, 1.54) is 7.11 Å². The van der Waals surface area contributed by atoms with Gasteiger partial charge in [0.1, 0.15) is 18.1 Å². The smallest absolute Gasteiger partial charge is 0.337 e. The monoisotopic (exact) mass is 544 g/mol. The number of rotatable bonds is 8. The standard InChI is InChI=1S/C24H21IN2O5/c1-30-22-13-19(10-11-21(22)25)23(28)27-26-14-17-4-3-5-20(12-17)32-15-16-6-8-18(9-7-16)24(29)31-2/h3-14H,15H2,1-2H3,(H,27,28). The van der Waals surface area contributed by atoms with Crippen molar-refractivity contribution in [1.82, 2.24) is 5.43 Å². The first-order valence-corrected chi connectivity index (χ1v) is 10.6. The van der Waals surface area contributed by atoms with Crippen molar-refractivity contribution in [1.29, 1.82) is 0 Å². The van der Waals surface area contributed by atoms with Gasteiger partial charge in [-0.3, -0.25) is 4.79 Å². The second-order valence-corrected chi connectivity index (χ2v) is 7.76. The molecule has 0 bridgehead atoms. The van der Waals surface area contributed by atoms with Crippen molar-refractivity contribution in [2.45, 2.75) is 6.61 Å². The highest BCUT2D eigenvalue weighted by Gasteiger charge is 2.08. The molecule has 0 aromatic heterocycles. The van der Waals surface area contributed by atoms with Crippen LogP contribution in [0.15, 0.2) is 71.8 Å². The second kappa shape index (κ2) is 11.3. The Morgan fingerprint density at radius 1 is 1.00 bits per heavy atom. The maximum atomic E-state index is 12.3. The van der Waals surface area contributed by atoms with E-state index in [-0.39, 0.29) is 11.9 Å². The lowest BCUT2D eigenvalue weighted by Crippen LogP contribution is -2.17. The van der Waals surface area contributed by atoms with Gasteiger partial charge in [0.25, 0.3) is 5.91 Å². The molecule has 1 amide bonds. The van der Waals surface area contributed by atoms with Gasteiger partial charge in [-0.1, -0.05) is 24.3 Å². The highest BCUT2D eigenvalue weighted by atomic mass is 127. The summed E-state index contributed by atoms with van der Waals surface area (Å²) in [5.74, 6) is 0.572. The largest absolute Gasteiger partial charge is 0.496 e. The molecule has 8 heteroatoms. The summed E-state index contributed by atoms with van der Waals surface area (Å²) in [4.78, 5) is 23.8. The number of benzene rings is 3. The van der Waals surface area contributed by atoms with E-state index < -0.39 is 0 Å². The molecule has 32 heavy (non-hydrogen) atoms. The number of nitrogens with zero attached hydrogens (tertiary/aromatic N) is 1. The van der Waals surface area contributed by atoms with E-state index in [4.69, 9.17) is 14.2 Å². The minimum absolute atomic E-state index is 0.334. The van der Waals surface area contributed by atoms with E-state index in [1.807, 2.05) is 42.5 Å². The molecule has 3 rings (SSSR count). The molecule has 0 aliphatic heterocycles. The van der Waals surface area contributed by atoms with Crippen molar-refractivity contribution in [3.63, 3.8) is 0 Å². The fourth-order valence-electron chi connectivity index (χ4n) is 2.74. The molecule has 0 unspecified atom stereocenters. The average molecular weight is 544 g/mol. The molecular formula is C24H21IN2O5. The van der Waals surface area contributed by atoms with E-state index >= 15 is 0 Å². The zero-order valence-corrected chi connectivity index (χ0v) is 19.7. The number of hydrogen-bond acceptors (Lipinski definition) is 6. The third-order valence-electron chi connectivity index (χ3n) is 4.43. The van der Waals surface area contributed by atoms with E-state index in [9.17, 15) is 9.59 Å². The lowest BCUT2D eigenvalue weighted by Gasteiger charge is -2.08. The summed E-state index contributed by atoms with van der Waals surface area (Å²) in [6.07, 6.45) is 1.54.